The number of alkyl halides is 2. The lowest BCUT2D eigenvalue weighted by Crippen LogP contribution is -2.26. The Morgan fingerprint density at radius 1 is 1.07 bits per heavy atom. The number of anilines is 1. The number of sulfonamides is 1. The van der Waals surface area contributed by atoms with Crippen LogP contribution in [0.25, 0.3) is 0 Å². The summed E-state index contributed by atoms with van der Waals surface area (Å²) in [6.45, 7) is -3.65. The zero-order valence-electron chi connectivity index (χ0n) is 23.0. The van der Waals surface area contributed by atoms with Gasteiger partial charge < -0.3 is 24.2 Å². The van der Waals surface area contributed by atoms with Crippen LogP contribution in [0.15, 0.2) is 54.9 Å². The molecule has 1 heterocycles. The van der Waals surface area contributed by atoms with E-state index in [4.69, 9.17) is 37.4 Å². The van der Waals surface area contributed by atoms with Crippen LogP contribution in [0.2, 0.25) is 10.0 Å². The third-order valence-corrected chi connectivity index (χ3v) is 7.45. The minimum atomic E-state index is -3.52. The molecular formula is C28H26Cl2F2N2O9S. The maximum atomic E-state index is 13.0. The molecule has 1 aromatic heterocycles. The minimum absolute atomic E-state index is 0.00126. The van der Waals surface area contributed by atoms with Gasteiger partial charge in [-0.2, -0.15) is 13.5 Å². The number of nitrogens with one attached hydrogen (secondary N) is 1. The summed E-state index contributed by atoms with van der Waals surface area (Å²) in [5, 5.41) is 11.7. The van der Waals surface area contributed by atoms with E-state index in [0.29, 0.717) is 4.73 Å². The highest BCUT2D eigenvalue weighted by atomic mass is 35.5. The number of benzene rings is 2. The Labute approximate surface area is 261 Å². The molecule has 1 atom stereocenters. The summed E-state index contributed by atoms with van der Waals surface area (Å²) < 4.78 is 72.5. The van der Waals surface area contributed by atoms with Gasteiger partial charge in [0.15, 0.2) is 30.5 Å². The molecule has 236 valence electrons. The first kappa shape index (κ1) is 33.0. The summed E-state index contributed by atoms with van der Waals surface area (Å²) in [5.41, 5.74) is 0.801. The second-order valence-electron chi connectivity index (χ2n) is 9.84. The quantitative estimate of drug-likeness (QED) is 0.141. The standard InChI is InChI=1S/C28H26Cl2F2N2O9S/c1-44(38,39)33-19-7-4-17(5-8-19)27(36)41-15-26(35)42-24(11-20-21(29)12-34(37)13-22(20)30)18-6-9-23(43-28(31)32)25(10-18)40-14-16-2-3-16/h4-10,12-13,16,24,28,33H,2-3,11,14-15H2,1H3/t24-/m0/s1. The normalized spacial score (nSPS) is 13.7. The summed E-state index contributed by atoms with van der Waals surface area (Å²) in [4.78, 5) is 25.3. The van der Waals surface area contributed by atoms with Gasteiger partial charge in [0, 0.05) is 17.7 Å². The predicted molar refractivity (Wildman–Crippen MR) is 154 cm³/mol. The van der Waals surface area contributed by atoms with Crippen molar-refractivity contribution >= 4 is 50.9 Å². The van der Waals surface area contributed by atoms with Crippen LogP contribution in [0.3, 0.4) is 0 Å². The fourth-order valence-corrected chi connectivity index (χ4v) is 5.11. The molecule has 4 rings (SSSR count). The number of aromatic nitrogens is 1. The van der Waals surface area contributed by atoms with Crippen LogP contribution in [-0.2, 0) is 30.7 Å². The molecule has 1 saturated carbocycles. The molecule has 0 unspecified atom stereocenters. The summed E-state index contributed by atoms with van der Waals surface area (Å²) in [6.07, 6.45) is 3.68. The van der Waals surface area contributed by atoms with Crippen molar-refractivity contribution < 1.29 is 50.5 Å². The molecule has 16 heteroatoms. The maximum absolute atomic E-state index is 13.0. The number of carbonyl (C=O) groups is 2. The van der Waals surface area contributed by atoms with Crippen LogP contribution in [0.4, 0.5) is 14.5 Å². The Kier molecular flexibility index (Phi) is 10.7. The molecule has 3 aromatic rings. The van der Waals surface area contributed by atoms with E-state index >= 15 is 0 Å². The van der Waals surface area contributed by atoms with Gasteiger partial charge in [-0.3, -0.25) is 4.72 Å². The van der Waals surface area contributed by atoms with E-state index in [1.165, 1.54) is 42.5 Å². The number of ether oxygens (including phenoxy) is 4. The number of hydrogen-bond donors (Lipinski definition) is 1. The van der Waals surface area contributed by atoms with Crippen LogP contribution in [0.1, 0.15) is 40.4 Å². The fourth-order valence-electron chi connectivity index (χ4n) is 3.95. The summed E-state index contributed by atoms with van der Waals surface area (Å²) >= 11 is 12.5. The van der Waals surface area contributed by atoms with Crippen molar-refractivity contribution in [3.8, 4) is 11.5 Å². The molecular weight excluding hydrogens is 649 g/mol. The Hall–Kier alpha value is -3.88. The molecule has 0 bridgehead atoms. The largest absolute Gasteiger partial charge is 0.619 e. The smallest absolute Gasteiger partial charge is 0.387 e. The number of nitrogens with zero attached hydrogens (tertiary/aromatic N) is 1. The second kappa shape index (κ2) is 14.3. The molecule has 1 N–H and O–H groups in total. The monoisotopic (exact) mass is 674 g/mol. The van der Waals surface area contributed by atoms with Gasteiger partial charge in [0.25, 0.3) is 0 Å². The van der Waals surface area contributed by atoms with Gasteiger partial charge in [-0.25, -0.2) is 18.0 Å². The first-order valence-corrected chi connectivity index (χ1v) is 15.6. The van der Waals surface area contributed by atoms with Crippen molar-refractivity contribution in [2.24, 2.45) is 5.92 Å². The van der Waals surface area contributed by atoms with Crippen molar-refractivity contribution in [3.05, 3.63) is 86.8 Å². The van der Waals surface area contributed by atoms with E-state index in [1.807, 2.05) is 0 Å². The Bertz CT molecular complexity index is 1600. The third-order valence-electron chi connectivity index (χ3n) is 6.19. The molecule has 1 aliphatic carbocycles. The molecule has 0 aliphatic heterocycles. The van der Waals surface area contributed by atoms with Crippen molar-refractivity contribution in [1.29, 1.82) is 0 Å². The fraction of sp³-hybridized carbons (Fsp3) is 0.321. The lowest BCUT2D eigenvalue weighted by atomic mass is 10.0. The van der Waals surface area contributed by atoms with E-state index in [-0.39, 0.29) is 62.9 Å². The molecule has 44 heavy (non-hydrogen) atoms. The van der Waals surface area contributed by atoms with Crippen LogP contribution in [0, 0.1) is 11.1 Å². The number of pyridine rings is 1. The van der Waals surface area contributed by atoms with Crippen LogP contribution in [0.5, 0.6) is 11.5 Å². The third kappa shape index (κ3) is 9.82. The van der Waals surface area contributed by atoms with Crippen LogP contribution < -0.4 is 18.9 Å². The van der Waals surface area contributed by atoms with Gasteiger partial charge in [0.1, 0.15) is 16.1 Å². The molecule has 2 aromatic carbocycles. The van der Waals surface area contributed by atoms with E-state index in [0.717, 1.165) is 31.5 Å². The topological polar surface area (TPSA) is 144 Å². The molecule has 0 radical (unpaired) electrons. The number of carbonyl (C=O) groups excluding carboxylic acids is 2. The first-order valence-electron chi connectivity index (χ1n) is 13.0. The number of halogens is 4. The highest BCUT2D eigenvalue weighted by molar-refractivity contribution is 7.92. The van der Waals surface area contributed by atoms with Crippen molar-refractivity contribution in [1.82, 2.24) is 0 Å². The first-order chi connectivity index (χ1) is 20.8. The van der Waals surface area contributed by atoms with Gasteiger partial charge in [0.05, 0.1) is 18.4 Å². The van der Waals surface area contributed by atoms with E-state index in [1.54, 1.807) is 0 Å². The molecule has 11 nitrogen and oxygen atoms in total. The summed E-state index contributed by atoms with van der Waals surface area (Å²) in [7, 11) is -3.52. The maximum Gasteiger partial charge on any atom is 0.387 e. The van der Waals surface area contributed by atoms with E-state index in [2.05, 4.69) is 9.46 Å². The summed E-state index contributed by atoms with van der Waals surface area (Å²) in [5.74, 6) is -1.80. The highest BCUT2D eigenvalue weighted by Gasteiger charge is 2.27. The van der Waals surface area contributed by atoms with Crippen molar-refractivity contribution in [2.75, 3.05) is 24.2 Å². The van der Waals surface area contributed by atoms with E-state index < -0.39 is 41.3 Å². The number of hydrogen-bond acceptors (Lipinski definition) is 9. The van der Waals surface area contributed by atoms with Crippen LogP contribution >= 0.6 is 23.2 Å². The Morgan fingerprint density at radius 2 is 1.73 bits per heavy atom. The molecule has 0 amide bonds. The van der Waals surface area contributed by atoms with Crippen molar-refractivity contribution in [2.45, 2.75) is 32.0 Å². The summed E-state index contributed by atoms with van der Waals surface area (Å²) in [6, 6.07) is 9.30. The van der Waals surface area contributed by atoms with Gasteiger partial charge in [0.2, 0.25) is 10.0 Å². The number of rotatable bonds is 14. The average molecular weight is 675 g/mol. The average Bonchev–Trinajstić information content (AvgIpc) is 3.76. The zero-order chi connectivity index (χ0) is 32.0. The molecule has 1 fully saturated rings. The van der Waals surface area contributed by atoms with E-state index in [9.17, 15) is 32.0 Å². The van der Waals surface area contributed by atoms with Gasteiger partial charge in [-0.05, 0) is 60.7 Å². The molecule has 0 saturated heterocycles. The lowest BCUT2D eigenvalue weighted by molar-refractivity contribution is -0.605. The molecule has 1 aliphatic rings. The minimum Gasteiger partial charge on any atom is -0.619 e. The van der Waals surface area contributed by atoms with Gasteiger partial charge in [-0.1, -0.05) is 29.3 Å². The Balaban J connectivity index is 1.53. The zero-order valence-corrected chi connectivity index (χ0v) is 25.3. The van der Waals surface area contributed by atoms with Crippen LogP contribution in [-0.4, -0.2) is 46.4 Å². The second-order valence-corrected chi connectivity index (χ2v) is 12.4. The number of esters is 2. The molecule has 0 spiro atoms. The highest BCUT2D eigenvalue weighted by Crippen LogP contribution is 2.37. The van der Waals surface area contributed by atoms with Gasteiger partial charge in [-0.15, -0.1) is 0 Å². The Morgan fingerprint density at radius 3 is 2.32 bits per heavy atom. The van der Waals surface area contributed by atoms with Gasteiger partial charge >= 0.3 is 18.6 Å². The lowest BCUT2D eigenvalue weighted by Gasteiger charge is -2.21. The van der Waals surface area contributed by atoms with Crippen molar-refractivity contribution in [3.63, 3.8) is 0 Å². The predicted octanol–water partition coefficient (Wildman–Crippen LogP) is 5.07. The SMILES string of the molecule is CS(=O)(=O)Nc1ccc(C(=O)OCC(=O)O[C@@H](Cc2c(Cl)c[n+]([O-])cc2Cl)c2ccc(OC(F)F)c(OCC3CC3)c2)cc1.